The summed E-state index contributed by atoms with van der Waals surface area (Å²) >= 11 is 2.35. The van der Waals surface area contributed by atoms with Crippen molar-refractivity contribution >= 4 is 28.3 Å². The fourth-order valence-electron chi connectivity index (χ4n) is 2.50. The van der Waals surface area contributed by atoms with Gasteiger partial charge in [0.25, 0.3) is 0 Å². The van der Waals surface area contributed by atoms with E-state index in [4.69, 9.17) is 0 Å². The molecule has 2 rings (SSSR count). The number of benzene rings is 1. The first kappa shape index (κ1) is 12.2. The molecule has 0 heterocycles. The highest BCUT2D eigenvalue weighted by Crippen LogP contribution is 2.28. The lowest BCUT2D eigenvalue weighted by Gasteiger charge is -2.29. The second-order valence-corrected chi connectivity index (χ2v) is 6.02. The Balaban J connectivity index is 1.84. The first-order valence-corrected chi connectivity index (χ1v) is 7.38. The van der Waals surface area contributed by atoms with Gasteiger partial charge in [-0.2, -0.15) is 0 Å². The van der Waals surface area contributed by atoms with Gasteiger partial charge in [0.1, 0.15) is 0 Å². The molecule has 0 unspecified atom stereocenters. The summed E-state index contributed by atoms with van der Waals surface area (Å²) in [7, 11) is 0. The smallest absolute Gasteiger partial charge is 0.0343 e. The number of halogens is 1. The lowest BCUT2D eigenvalue weighted by atomic mass is 9.84. The summed E-state index contributed by atoms with van der Waals surface area (Å²) in [6.07, 6.45) is 6.84. The van der Waals surface area contributed by atoms with Crippen LogP contribution in [0.25, 0.3) is 0 Å². The van der Waals surface area contributed by atoms with Gasteiger partial charge in [-0.25, -0.2) is 0 Å². The van der Waals surface area contributed by atoms with Crippen LogP contribution in [0.5, 0.6) is 0 Å². The summed E-state index contributed by atoms with van der Waals surface area (Å²) in [6, 6.07) is 9.41. The SMILES string of the molecule is CCC1CCC(Nc2ccc(I)cc2)CC1. The van der Waals surface area contributed by atoms with Crippen LogP contribution >= 0.6 is 22.6 Å². The van der Waals surface area contributed by atoms with Crippen molar-refractivity contribution in [1.82, 2.24) is 0 Å². The summed E-state index contributed by atoms with van der Waals surface area (Å²) in [5.41, 5.74) is 1.28. The maximum absolute atomic E-state index is 3.65. The van der Waals surface area contributed by atoms with E-state index in [1.807, 2.05) is 0 Å². The highest BCUT2D eigenvalue weighted by atomic mass is 127. The molecular weight excluding hydrogens is 309 g/mol. The van der Waals surface area contributed by atoms with Gasteiger partial charge in [-0.1, -0.05) is 13.3 Å². The van der Waals surface area contributed by atoms with Gasteiger partial charge < -0.3 is 5.32 Å². The van der Waals surface area contributed by atoms with Crippen LogP contribution in [0.4, 0.5) is 5.69 Å². The van der Waals surface area contributed by atoms with E-state index in [1.165, 1.54) is 41.4 Å². The van der Waals surface area contributed by atoms with E-state index in [2.05, 4.69) is 59.1 Å². The van der Waals surface area contributed by atoms with Crippen LogP contribution in [0.3, 0.4) is 0 Å². The predicted octanol–water partition coefficient (Wildman–Crippen LogP) is 4.67. The first-order chi connectivity index (χ1) is 7.78. The fraction of sp³-hybridized carbons (Fsp3) is 0.571. The van der Waals surface area contributed by atoms with Crippen molar-refractivity contribution in [2.45, 2.75) is 45.1 Å². The molecular formula is C14H20IN. The molecule has 0 aliphatic heterocycles. The molecule has 1 fully saturated rings. The van der Waals surface area contributed by atoms with E-state index < -0.39 is 0 Å². The molecule has 0 atom stereocenters. The second-order valence-electron chi connectivity index (χ2n) is 4.78. The van der Waals surface area contributed by atoms with Crippen molar-refractivity contribution in [2.75, 3.05) is 5.32 Å². The van der Waals surface area contributed by atoms with Crippen molar-refractivity contribution in [2.24, 2.45) is 5.92 Å². The quantitative estimate of drug-likeness (QED) is 0.795. The third-order valence-corrected chi connectivity index (χ3v) is 4.36. The number of nitrogens with one attached hydrogen (secondary N) is 1. The van der Waals surface area contributed by atoms with Crippen LogP contribution in [0.1, 0.15) is 39.0 Å². The Bertz CT molecular complexity index is 312. The Kier molecular flexibility index (Phi) is 4.50. The van der Waals surface area contributed by atoms with Gasteiger partial charge in [-0.05, 0) is 78.5 Å². The monoisotopic (exact) mass is 329 g/mol. The normalized spacial score (nSPS) is 25.4. The molecule has 1 aromatic carbocycles. The minimum absolute atomic E-state index is 0.697. The average Bonchev–Trinajstić information content (AvgIpc) is 2.33. The van der Waals surface area contributed by atoms with E-state index in [1.54, 1.807) is 0 Å². The number of hydrogen-bond donors (Lipinski definition) is 1. The van der Waals surface area contributed by atoms with Crippen LogP contribution in [0.15, 0.2) is 24.3 Å². The molecule has 16 heavy (non-hydrogen) atoms. The van der Waals surface area contributed by atoms with E-state index in [0.29, 0.717) is 6.04 Å². The van der Waals surface area contributed by atoms with Gasteiger partial charge >= 0.3 is 0 Å². The average molecular weight is 329 g/mol. The lowest BCUT2D eigenvalue weighted by Crippen LogP contribution is -2.25. The fourth-order valence-corrected chi connectivity index (χ4v) is 2.86. The summed E-state index contributed by atoms with van der Waals surface area (Å²) in [5.74, 6) is 0.981. The van der Waals surface area contributed by atoms with Crippen LogP contribution in [-0.2, 0) is 0 Å². The molecule has 0 saturated heterocycles. The Hall–Kier alpha value is -0.250. The van der Waals surface area contributed by atoms with Crippen molar-refractivity contribution in [1.29, 1.82) is 0 Å². The minimum atomic E-state index is 0.697. The van der Waals surface area contributed by atoms with Gasteiger partial charge in [-0.15, -0.1) is 0 Å². The molecule has 1 aliphatic rings. The molecule has 2 heteroatoms. The predicted molar refractivity (Wildman–Crippen MR) is 78.8 cm³/mol. The summed E-state index contributed by atoms with van der Waals surface area (Å²) < 4.78 is 1.30. The zero-order valence-corrected chi connectivity index (χ0v) is 12.0. The molecule has 0 radical (unpaired) electrons. The number of anilines is 1. The van der Waals surface area contributed by atoms with Crippen molar-refractivity contribution < 1.29 is 0 Å². The molecule has 88 valence electrons. The zero-order chi connectivity index (χ0) is 11.4. The highest BCUT2D eigenvalue weighted by molar-refractivity contribution is 14.1. The molecule has 0 aromatic heterocycles. The molecule has 1 aromatic rings. The maximum Gasteiger partial charge on any atom is 0.0343 e. The molecule has 1 nitrogen and oxygen atoms in total. The van der Waals surface area contributed by atoms with Crippen LogP contribution in [-0.4, -0.2) is 6.04 Å². The van der Waals surface area contributed by atoms with Crippen LogP contribution in [0, 0.1) is 9.49 Å². The van der Waals surface area contributed by atoms with E-state index >= 15 is 0 Å². The molecule has 1 aliphatic carbocycles. The molecule has 0 bridgehead atoms. The van der Waals surface area contributed by atoms with E-state index in [0.717, 1.165) is 5.92 Å². The molecule has 0 spiro atoms. The molecule has 1 saturated carbocycles. The van der Waals surface area contributed by atoms with Gasteiger partial charge in [0.2, 0.25) is 0 Å². The summed E-state index contributed by atoms with van der Waals surface area (Å²) in [4.78, 5) is 0. The molecule has 0 amide bonds. The van der Waals surface area contributed by atoms with Crippen LogP contribution < -0.4 is 5.32 Å². The lowest BCUT2D eigenvalue weighted by molar-refractivity contribution is 0.330. The Morgan fingerprint density at radius 3 is 2.31 bits per heavy atom. The topological polar surface area (TPSA) is 12.0 Å². The van der Waals surface area contributed by atoms with E-state index in [9.17, 15) is 0 Å². The minimum Gasteiger partial charge on any atom is -0.382 e. The van der Waals surface area contributed by atoms with Crippen molar-refractivity contribution in [3.63, 3.8) is 0 Å². The summed E-state index contributed by atoms with van der Waals surface area (Å²) in [6.45, 7) is 2.32. The second kappa shape index (κ2) is 5.89. The first-order valence-electron chi connectivity index (χ1n) is 6.30. The van der Waals surface area contributed by atoms with Crippen molar-refractivity contribution in [3.05, 3.63) is 27.8 Å². The molecule has 1 N–H and O–H groups in total. The van der Waals surface area contributed by atoms with Gasteiger partial charge in [-0.3, -0.25) is 0 Å². The largest absolute Gasteiger partial charge is 0.382 e. The Morgan fingerprint density at radius 1 is 1.12 bits per heavy atom. The highest BCUT2D eigenvalue weighted by Gasteiger charge is 2.19. The third kappa shape index (κ3) is 3.37. The standard InChI is InChI=1S/C14H20IN/c1-2-11-3-7-13(8-4-11)16-14-9-5-12(15)6-10-14/h5-6,9-11,13,16H,2-4,7-8H2,1H3. The zero-order valence-electron chi connectivity index (χ0n) is 9.88. The Morgan fingerprint density at radius 2 is 1.75 bits per heavy atom. The maximum atomic E-state index is 3.65. The van der Waals surface area contributed by atoms with Crippen LogP contribution in [0.2, 0.25) is 0 Å². The number of rotatable bonds is 3. The third-order valence-electron chi connectivity index (χ3n) is 3.64. The van der Waals surface area contributed by atoms with Gasteiger partial charge in [0, 0.05) is 15.3 Å². The Labute approximate surface area is 112 Å². The van der Waals surface area contributed by atoms with E-state index in [-0.39, 0.29) is 0 Å². The summed E-state index contributed by atoms with van der Waals surface area (Å²) in [5, 5.41) is 3.65. The number of hydrogen-bond acceptors (Lipinski definition) is 1. The van der Waals surface area contributed by atoms with Gasteiger partial charge in [0.15, 0.2) is 0 Å². The van der Waals surface area contributed by atoms with Crippen molar-refractivity contribution in [3.8, 4) is 0 Å². The van der Waals surface area contributed by atoms with Gasteiger partial charge in [0.05, 0.1) is 0 Å².